The molecule has 1 N–H and O–H groups in total. The van der Waals surface area contributed by atoms with Gasteiger partial charge in [0.1, 0.15) is 16.7 Å². The molecule has 0 unspecified atom stereocenters. The van der Waals surface area contributed by atoms with Crippen molar-refractivity contribution in [3.05, 3.63) is 215 Å². The van der Waals surface area contributed by atoms with Gasteiger partial charge in [-0.2, -0.15) is 5.26 Å². The first kappa shape index (κ1) is 37.9. The summed E-state index contributed by atoms with van der Waals surface area (Å²) < 4.78 is 14.4. The normalized spacial score (nSPS) is 19.7. The van der Waals surface area contributed by atoms with Crippen molar-refractivity contribution in [2.45, 2.75) is 49.9 Å². The lowest BCUT2D eigenvalue weighted by molar-refractivity contribution is -0.0168. The molecule has 276 valence electrons. The quantitative estimate of drug-likeness (QED) is 0.0645. The highest BCUT2D eigenvalue weighted by Gasteiger charge is 2.57. The van der Waals surface area contributed by atoms with Gasteiger partial charge in [0.15, 0.2) is 0 Å². The molecule has 4 nitrogen and oxygen atoms in total. The molecule has 0 saturated carbocycles. The van der Waals surface area contributed by atoms with E-state index in [0.29, 0.717) is 19.6 Å². The molecular weight excluding hydrogens is 693 g/mol. The molecule has 5 heteroatoms. The summed E-state index contributed by atoms with van der Waals surface area (Å²) in [5.74, 6) is -0.0569. The second-order valence-corrected chi connectivity index (χ2v) is 15.3. The second-order valence-electron chi connectivity index (χ2n) is 14.8. The highest BCUT2D eigenvalue weighted by molar-refractivity contribution is 7.80. The van der Waals surface area contributed by atoms with Gasteiger partial charge in [0.25, 0.3) is 0 Å². The van der Waals surface area contributed by atoms with Crippen LogP contribution in [0.2, 0.25) is 0 Å². The van der Waals surface area contributed by atoms with Crippen LogP contribution in [0, 0.1) is 22.7 Å². The van der Waals surface area contributed by atoms with Crippen LogP contribution >= 0.6 is 12.2 Å². The smallest absolute Gasteiger partial charge is 0.143 e. The topological polar surface area (TPSA) is 54.3 Å². The summed E-state index contributed by atoms with van der Waals surface area (Å²) >= 11 is 6.07. The van der Waals surface area contributed by atoms with Crippen LogP contribution in [0.4, 0.5) is 0 Å². The Morgan fingerprint density at radius 3 is 1.16 bits per heavy atom. The van der Waals surface area contributed by atoms with Gasteiger partial charge in [0.2, 0.25) is 0 Å². The van der Waals surface area contributed by atoms with E-state index >= 15 is 0 Å². The summed E-state index contributed by atoms with van der Waals surface area (Å²) in [5.41, 5.74) is 3.31. The molecule has 0 aromatic heterocycles. The highest BCUT2D eigenvalue weighted by Crippen LogP contribution is 2.50. The summed E-state index contributed by atoms with van der Waals surface area (Å²) in [6.07, 6.45) is 2.13. The van der Waals surface area contributed by atoms with Crippen molar-refractivity contribution >= 4 is 17.2 Å². The summed E-state index contributed by atoms with van der Waals surface area (Å²) in [6.45, 7) is 5.09. The fourth-order valence-corrected chi connectivity index (χ4v) is 9.19. The van der Waals surface area contributed by atoms with Gasteiger partial charge in [-0.1, -0.05) is 201 Å². The van der Waals surface area contributed by atoms with Gasteiger partial charge in [-0.25, -0.2) is 0 Å². The van der Waals surface area contributed by atoms with Gasteiger partial charge in [-0.15, -0.1) is 0 Å². The first-order valence-electron chi connectivity index (χ1n) is 19.2. The zero-order valence-corrected chi connectivity index (χ0v) is 32.4. The Labute approximate surface area is 331 Å². The van der Waals surface area contributed by atoms with Crippen LogP contribution in [-0.2, 0) is 20.7 Å². The van der Waals surface area contributed by atoms with Crippen molar-refractivity contribution < 1.29 is 9.47 Å². The van der Waals surface area contributed by atoms with Crippen LogP contribution in [0.25, 0.3) is 0 Å². The molecule has 1 fully saturated rings. The lowest BCUT2D eigenvalue weighted by Crippen LogP contribution is -2.49. The van der Waals surface area contributed by atoms with E-state index in [1.165, 1.54) is 0 Å². The minimum Gasteiger partial charge on any atom is -0.361 e. The molecule has 0 radical (unpaired) electrons. The predicted octanol–water partition coefficient (Wildman–Crippen LogP) is 11.0. The summed E-state index contributed by atoms with van der Waals surface area (Å²) in [4.78, 5) is 0.729. The third kappa shape index (κ3) is 7.14. The van der Waals surface area contributed by atoms with Gasteiger partial charge in [-0.05, 0) is 59.6 Å². The van der Waals surface area contributed by atoms with Crippen molar-refractivity contribution in [1.82, 2.24) is 5.32 Å². The molecule has 6 aromatic rings. The van der Waals surface area contributed by atoms with Crippen LogP contribution < -0.4 is 5.32 Å². The molecule has 3 atom stereocenters. The number of rotatable bonds is 15. The summed E-state index contributed by atoms with van der Waals surface area (Å²) in [5, 5.41) is 14.2. The maximum absolute atomic E-state index is 10.7. The average Bonchev–Trinajstić information content (AvgIpc) is 3.44. The minimum atomic E-state index is -0.879. The third-order valence-corrected chi connectivity index (χ3v) is 12.2. The van der Waals surface area contributed by atoms with Crippen LogP contribution in [0.3, 0.4) is 0 Å². The minimum absolute atomic E-state index is 0.0569. The molecule has 0 aliphatic carbocycles. The van der Waals surface area contributed by atoms with Crippen molar-refractivity contribution in [2.24, 2.45) is 11.3 Å². The van der Waals surface area contributed by atoms with Crippen molar-refractivity contribution in [1.29, 1.82) is 5.26 Å². The van der Waals surface area contributed by atoms with E-state index in [1.54, 1.807) is 0 Å². The SMILES string of the molecule is C[C@]1(CCOC(c2ccccc2)(c2ccccc2)c2ccccc2)[C@H](CCCOC(c2ccccc2)(c2ccccc2)c2ccccc2)C(=S)N[C@@]1(C)C#N. The number of nitriles is 1. The number of ether oxygens (including phenoxy) is 2. The van der Waals surface area contributed by atoms with Crippen LogP contribution in [0.5, 0.6) is 0 Å². The average molecular weight is 741 g/mol. The molecule has 0 amide bonds. The number of hydrogen-bond donors (Lipinski definition) is 1. The largest absolute Gasteiger partial charge is 0.361 e. The first-order valence-corrected chi connectivity index (χ1v) is 19.6. The van der Waals surface area contributed by atoms with Gasteiger partial charge >= 0.3 is 0 Å². The maximum Gasteiger partial charge on any atom is 0.143 e. The van der Waals surface area contributed by atoms with Crippen LogP contribution in [0.15, 0.2) is 182 Å². The molecule has 0 bridgehead atoms. The van der Waals surface area contributed by atoms with E-state index in [0.717, 1.165) is 51.2 Å². The number of thiocarbonyl (C=S) groups is 1. The number of nitrogens with one attached hydrogen (secondary N) is 1. The molecule has 7 rings (SSSR count). The fourth-order valence-electron chi connectivity index (χ4n) is 8.61. The Kier molecular flexibility index (Phi) is 11.4. The lowest BCUT2D eigenvalue weighted by atomic mass is 9.65. The molecule has 1 saturated heterocycles. The molecule has 1 heterocycles. The van der Waals surface area contributed by atoms with Gasteiger partial charge in [0.05, 0.1) is 11.1 Å². The maximum atomic E-state index is 10.7. The number of benzene rings is 6. The molecular formula is C50H48N2O2S. The Hall–Kier alpha value is -5.38. The zero-order chi connectivity index (χ0) is 38.2. The van der Waals surface area contributed by atoms with Crippen molar-refractivity contribution in [2.75, 3.05) is 13.2 Å². The third-order valence-electron chi connectivity index (χ3n) is 11.8. The Morgan fingerprint density at radius 2 is 0.855 bits per heavy atom. The Bertz CT molecular complexity index is 1980. The van der Waals surface area contributed by atoms with Crippen molar-refractivity contribution in [3.8, 4) is 6.07 Å². The Balaban J connectivity index is 1.16. The van der Waals surface area contributed by atoms with E-state index in [1.807, 2.05) is 43.3 Å². The Morgan fingerprint density at radius 1 is 0.545 bits per heavy atom. The predicted molar refractivity (Wildman–Crippen MR) is 226 cm³/mol. The number of nitrogens with zero attached hydrogens (tertiary/aromatic N) is 1. The molecule has 1 aliphatic heterocycles. The van der Waals surface area contributed by atoms with Crippen LogP contribution in [-0.4, -0.2) is 23.7 Å². The molecule has 0 spiro atoms. The fraction of sp³-hybridized carbons (Fsp3) is 0.240. The lowest BCUT2D eigenvalue weighted by Gasteiger charge is -2.41. The van der Waals surface area contributed by atoms with E-state index < -0.39 is 22.2 Å². The molecule has 55 heavy (non-hydrogen) atoms. The standard InChI is InChI=1S/C50H48N2O2S/c1-47(35-37-54-50(42-28-15-6-16-29-42,43-30-17-7-18-31-43)44-32-19-8-20-33-44)45(46(55)52-48(47,2)38-51)34-21-36-53-49(39-22-9-3-10-23-39,40-24-11-4-12-25-40)41-26-13-5-14-27-41/h3-20,22-33,45H,21,34-37H2,1-2H3,(H,52,55)/t45-,47+,48+/m1/s1. The van der Waals surface area contributed by atoms with Crippen molar-refractivity contribution in [3.63, 3.8) is 0 Å². The molecule has 6 aromatic carbocycles. The van der Waals surface area contributed by atoms with Crippen LogP contribution in [0.1, 0.15) is 66.5 Å². The van der Waals surface area contributed by atoms with Gasteiger partial charge in [0, 0.05) is 24.5 Å². The van der Waals surface area contributed by atoms with E-state index in [-0.39, 0.29) is 5.92 Å². The summed E-state index contributed by atoms with van der Waals surface area (Å²) in [6, 6.07) is 65.3. The zero-order valence-electron chi connectivity index (χ0n) is 31.6. The second kappa shape index (κ2) is 16.6. The first-order chi connectivity index (χ1) is 26.9. The van der Waals surface area contributed by atoms with E-state index in [4.69, 9.17) is 21.7 Å². The van der Waals surface area contributed by atoms with Gasteiger partial charge < -0.3 is 14.8 Å². The summed E-state index contributed by atoms with van der Waals surface area (Å²) in [7, 11) is 0. The van der Waals surface area contributed by atoms with E-state index in [9.17, 15) is 5.26 Å². The van der Waals surface area contributed by atoms with E-state index in [2.05, 4.69) is 164 Å². The van der Waals surface area contributed by atoms with Gasteiger partial charge in [-0.3, -0.25) is 0 Å². The molecule has 1 aliphatic rings. The highest BCUT2D eigenvalue weighted by atomic mass is 32.1. The number of hydrogen-bond acceptors (Lipinski definition) is 4. The monoisotopic (exact) mass is 740 g/mol.